The quantitative estimate of drug-likeness (QED) is 0.606. The van der Waals surface area contributed by atoms with Gasteiger partial charge in [0.05, 0.1) is 13.2 Å². The van der Waals surface area contributed by atoms with Crippen LogP contribution in [0.1, 0.15) is 26.3 Å². The molecule has 0 spiro atoms. The van der Waals surface area contributed by atoms with Gasteiger partial charge in [-0.3, -0.25) is 0 Å². The lowest BCUT2D eigenvalue weighted by Crippen LogP contribution is -2.60. The summed E-state index contributed by atoms with van der Waals surface area (Å²) in [5, 5.41) is 9.19. The highest BCUT2D eigenvalue weighted by atomic mass is 16.6. The predicted octanol–water partition coefficient (Wildman–Crippen LogP) is 1.33. The number of carboxylic acid groups (broad SMARTS) is 1. The molecule has 1 aromatic rings. The Morgan fingerprint density at radius 3 is 2.24 bits per heavy atom. The zero-order chi connectivity index (χ0) is 16.1. The number of hydrogen-bond acceptors (Lipinski definition) is 5. The lowest BCUT2D eigenvalue weighted by atomic mass is 10.0. The monoisotopic (exact) mass is 295 g/mol. The van der Waals surface area contributed by atoms with Crippen LogP contribution in [-0.4, -0.2) is 34.8 Å². The average molecular weight is 295 g/mol. The molecule has 1 aromatic carbocycles. The van der Waals surface area contributed by atoms with E-state index in [4.69, 9.17) is 15.2 Å². The van der Waals surface area contributed by atoms with Crippen molar-refractivity contribution in [3.63, 3.8) is 0 Å². The summed E-state index contributed by atoms with van der Waals surface area (Å²) < 4.78 is 10.3. The first-order chi connectivity index (χ1) is 9.65. The van der Waals surface area contributed by atoms with E-state index in [1.54, 1.807) is 20.8 Å². The first kappa shape index (κ1) is 17.1. The van der Waals surface area contributed by atoms with Gasteiger partial charge in [-0.2, -0.15) is 0 Å². The fourth-order valence-corrected chi connectivity index (χ4v) is 1.48. The highest BCUT2D eigenvalue weighted by Gasteiger charge is 2.46. The van der Waals surface area contributed by atoms with Crippen molar-refractivity contribution in [3.05, 3.63) is 35.9 Å². The number of aliphatic carboxylic acids is 1. The molecule has 0 heterocycles. The molecule has 0 saturated carbocycles. The van der Waals surface area contributed by atoms with E-state index >= 15 is 0 Å². The molecule has 0 radical (unpaired) electrons. The molecule has 0 saturated heterocycles. The molecule has 1 atom stereocenters. The summed E-state index contributed by atoms with van der Waals surface area (Å²) in [6.45, 7) is 4.61. The smallest absolute Gasteiger partial charge is 0.340 e. The molecule has 1 rings (SSSR count). The molecular weight excluding hydrogens is 274 g/mol. The Morgan fingerprint density at radius 2 is 1.76 bits per heavy atom. The average Bonchev–Trinajstić information content (AvgIpc) is 2.37. The second kappa shape index (κ2) is 6.69. The number of carbonyl (C=O) groups excluding carboxylic acids is 1. The van der Waals surface area contributed by atoms with Gasteiger partial charge in [0.1, 0.15) is 5.60 Å². The number of nitrogens with two attached hydrogens (primary N) is 1. The first-order valence-corrected chi connectivity index (χ1v) is 6.52. The Morgan fingerprint density at radius 1 is 1.19 bits per heavy atom. The molecule has 0 aromatic heterocycles. The molecule has 1 unspecified atom stereocenters. The normalized spacial score (nSPS) is 14.3. The molecule has 0 aliphatic carbocycles. The maximum absolute atomic E-state index is 12.0. The van der Waals surface area contributed by atoms with Gasteiger partial charge in [-0.25, -0.2) is 9.59 Å². The van der Waals surface area contributed by atoms with Crippen LogP contribution in [0.2, 0.25) is 0 Å². The molecule has 6 nitrogen and oxygen atoms in total. The third kappa shape index (κ3) is 5.17. The first-order valence-electron chi connectivity index (χ1n) is 6.52. The third-order valence-electron chi connectivity index (χ3n) is 2.59. The van der Waals surface area contributed by atoms with Gasteiger partial charge in [-0.05, 0) is 26.3 Å². The molecule has 0 bridgehead atoms. The van der Waals surface area contributed by atoms with Crippen molar-refractivity contribution >= 4 is 11.9 Å². The fourth-order valence-electron chi connectivity index (χ4n) is 1.48. The van der Waals surface area contributed by atoms with Crippen LogP contribution in [0.5, 0.6) is 0 Å². The summed E-state index contributed by atoms with van der Waals surface area (Å²) >= 11 is 0. The summed E-state index contributed by atoms with van der Waals surface area (Å²) in [5.41, 5.74) is 3.47. The largest absolute Gasteiger partial charge is 0.479 e. The molecule has 0 amide bonds. The Balaban J connectivity index is 2.68. The number of esters is 1. The van der Waals surface area contributed by atoms with Gasteiger partial charge in [0.25, 0.3) is 0 Å². The summed E-state index contributed by atoms with van der Waals surface area (Å²) in [6.07, 6.45) is 0. The zero-order valence-corrected chi connectivity index (χ0v) is 12.5. The van der Waals surface area contributed by atoms with Crippen molar-refractivity contribution in [2.24, 2.45) is 5.73 Å². The number of ether oxygens (including phenoxy) is 2. The summed E-state index contributed by atoms with van der Waals surface area (Å²) in [7, 11) is 0. The standard InChI is InChI=1S/C15H21NO5/c1-14(2,3)21-13(19)15(16,12(17)18)10-20-9-11-7-5-4-6-8-11/h4-8H,9-10,16H2,1-3H3,(H,17,18). The molecule has 6 heteroatoms. The number of carbonyl (C=O) groups is 2. The topological polar surface area (TPSA) is 98.9 Å². The van der Waals surface area contributed by atoms with Crippen LogP contribution >= 0.6 is 0 Å². The van der Waals surface area contributed by atoms with Crippen LogP contribution in [0.4, 0.5) is 0 Å². The molecule has 0 fully saturated rings. The van der Waals surface area contributed by atoms with Gasteiger partial charge in [0.2, 0.25) is 5.54 Å². The maximum atomic E-state index is 12.0. The minimum absolute atomic E-state index is 0.163. The molecule has 116 valence electrons. The Bertz CT molecular complexity index is 495. The molecule has 0 aliphatic heterocycles. The van der Waals surface area contributed by atoms with Crippen LogP contribution < -0.4 is 5.73 Å². The van der Waals surface area contributed by atoms with Gasteiger partial charge in [-0.15, -0.1) is 0 Å². The van der Waals surface area contributed by atoms with Crippen LogP contribution in [-0.2, 0) is 25.7 Å². The van der Waals surface area contributed by atoms with E-state index in [1.165, 1.54) is 0 Å². The van der Waals surface area contributed by atoms with Crippen molar-refractivity contribution in [2.75, 3.05) is 6.61 Å². The number of rotatable bonds is 6. The van der Waals surface area contributed by atoms with Crippen molar-refractivity contribution < 1.29 is 24.2 Å². The minimum atomic E-state index is -2.22. The van der Waals surface area contributed by atoms with Crippen LogP contribution in [0.15, 0.2) is 30.3 Å². The Kier molecular flexibility index (Phi) is 5.46. The predicted molar refractivity (Wildman–Crippen MR) is 76.5 cm³/mol. The van der Waals surface area contributed by atoms with E-state index in [2.05, 4.69) is 0 Å². The Hall–Kier alpha value is -1.92. The second-order valence-corrected chi connectivity index (χ2v) is 5.76. The van der Waals surface area contributed by atoms with Gasteiger partial charge in [0, 0.05) is 0 Å². The molecular formula is C15H21NO5. The van der Waals surface area contributed by atoms with Crippen molar-refractivity contribution in [1.82, 2.24) is 0 Å². The molecule has 21 heavy (non-hydrogen) atoms. The number of hydrogen-bond donors (Lipinski definition) is 2. The van der Waals surface area contributed by atoms with E-state index in [0.29, 0.717) is 0 Å². The molecule has 0 aliphatic rings. The van der Waals surface area contributed by atoms with Gasteiger partial charge in [-0.1, -0.05) is 30.3 Å². The number of carboxylic acids is 1. The lowest BCUT2D eigenvalue weighted by Gasteiger charge is -2.27. The van der Waals surface area contributed by atoms with Gasteiger partial charge < -0.3 is 20.3 Å². The molecule has 3 N–H and O–H groups in total. The summed E-state index contributed by atoms with van der Waals surface area (Å²) in [5.74, 6) is -2.50. The van der Waals surface area contributed by atoms with E-state index < -0.39 is 29.7 Å². The zero-order valence-electron chi connectivity index (χ0n) is 12.5. The van der Waals surface area contributed by atoms with Gasteiger partial charge >= 0.3 is 11.9 Å². The minimum Gasteiger partial charge on any atom is -0.479 e. The van der Waals surface area contributed by atoms with E-state index in [0.717, 1.165) is 5.56 Å². The van der Waals surface area contributed by atoms with Crippen LogP contribution in [0.25, 0.3) is 0 Å². The van der Waals surface area contributed by atoms with E-state index in [-0.39, 0.29) is 6.61 Å². The third-order valence-corrected chi connectivity index (χ3v) is 2.59. The van der Waals surface area contributed by atoms with E-state index in [9.17, 15) is 14.7 Å². The van der Waals surface area contributed by atoms with Crippen molar-refractivity contribution in [3.8, 4) is 0 Å². The van der Waals surface area contributed by atoms with Crippen LogP contribution in [0.3, 0.4) is 0 Å². The highest BCUT2D eigenvalue weighted by molar-refractivity contribution is 6.04. The van der Waals surface area contributed by atoms with Crippen molar-refractivity contribution in [2.45, 2.75) is 38.5 Å². The second-order valence-electron chi connectivity index (χ2n) is 5.76. The SMILES string of the molecule is CC(C)(C)OC(=O)C(N)(COCc1ccccc1)C(=O)O. The highest BCUT2D eigenvalue weighted by Crippen LogP contribution is 2.14. The summed E-state index contributed by atoms with van der Waals surface area (Å²) in [6, 6.07) is 9.17. The van der Waals surface area contributed by atoms with Crippen LogP contribution in [0, 0.1) is 0 Å². The number of benzene rings is 1. The lowest BCUT2D eigenvalue weighted by molar-refractivity contribution is -0.172. The Labute approximate surface area is 123 Å². The maximum Gasteiger partial charge on any atom is 0.340 e. The van der Waals surface area contributed by atoms with Crippen molar-refractivity contribution in [1.29, 1.82) is 0 Å². The van der Waals surface area contributed by atoms with Gasteiger partial charge in [0.15, 0.2) is 0 Å². The summed E-state index contributed by atoms with van der Waals surface area (Å²) in [4.78, 5) is 23.2. The fraction of sp³-hybridized carbons (Fsp3) is 0.467. The van der Waals surface area contributed by atoms with E-state index in [1.807, 2.05) is 30.3 Å².